The summed E-state index contributed by atoms with van der Waals surface area (Å²) in [5.74, 6) is 1.18. The lowest BCUT2D eigenvalue weighted by atomic mass is 10.0. The van der Waals surface area contributed by atoms with E-state index in [1.54, 1.807) is 6.07 Å². The van der Waals surface area contributed by atoms with E-state index < -0.39 is 0 Å². The molecule has 0 radical (unpaired) electrons. The first-order chi connectivity index (χ1) is 25.9. The molecule has 7 aromatic carbocycles. The van der Waals surface area contributed by atoms with Gasteiger partial charge in [0.05, 0.1) is 5.48 Å². The fourth-order valence-electron chi connectivity index (χ4n) is 6.20. The first kappa shape index (κ1) is 24.5. The van der Waals surface area contributed by atoms with Crippen molar-refractivity contribution >= 4 is 21.9 Å². The van der Waals surface area contributed by atoms with Crippen LogP contribution in [0.25, 0.3) is 89.5 Å². The second-order valence-electron chi connectivity index (χ2n) is 11.7. The molecule has 0 fully saturated rings. The number of benzene rings is 7. The van der Waals surface area contributed by atoms with Crippen LogP contribution in [-0.2, 0) is 0 Å². The van der Waals surface area contributed by atoms with Crippen LogP contribution >= 0.6 is 0 Å². The topological polar surface area (TPSA) is 51.8 Å². The van der Waals surface area contributed by atoms with E-state index in [0.717, 1.165) is 38.9 Å². The molecule has 9 aromatic rings. The second-order valence-corrected chi connectivity index (χ2v) is 11.7. The highest BCUT2D eigenvalue weighted by atomic mass is 16.3. The third-order valence-corrected chi connectivity index (χ3v) is 8.66. The minimum atomic E-state index is -0.117. The molecule has 0 unspecified atom stereocenters. The zero-order valence-corrected chi connectivity index (χ0v) is 26.2. The van der Waals surface area contributed by atoms with E-state index in [4.69, 9.17) is 24.9 Å². The minimum absolute atomic E-state index is 0.0175. The van der Waals surface area contributed by atoms with Gasteiger partial charge in [0.15, 0.2) is 17.5 Å². The van der Waals surface area contributed by atoms with Crippen molar-refractivity contribution < 1.29 is 9.90 Å². The molecule has 49 heavy (non-hydrogen) atoms. The average Bonchev–Trinajstić information content (AvgIpc) is 3.61. The SMILES string of the molecule is [2H]c1cc(-c2nc(-c3ccc(-c4ccccc4)cc3)nc(-c3cccc(-c4ccccc4)c3)n2)c2c(oc3c([2H])c([2H])c(-c4ccccc4)cc32)c1[2H]. The van der Waals surface area contributed by atoms with E-state index in [2.05, 4.69) is 30.3 Å². The quantitative estimate of drug-likeness (QED) is 0.183. The average molecular weight is 632 g/mol. The van der Waals surface area contributed by atoms with Crippen LogP contribution in [0.2, 0.25) is 0 Å². The molecule has 230 valence electrons. The highest BCUT2D eigenvalue weighted by Gasteiger charge is 2.19. The maximum atomic E-state index is 8.94. The van der Waals surface area contributed by atoms with E-state index in [1.165, 1.54) is 0 Å². The van der Waals surface area contributed by atoms with Gasteiger partial charge in [-0.3, -0.25) is 0 Å². The summed E-state index contributed by atoms with van der Waals surface area (Å²) >= 11 is 0. The van der Waals surface area contributed by atoms with Gasteiger partial charge < -0.3 is 4.42 Å². The Bertz CT molecular complexity index is 2810. The Balaban J connectivity index is 1.29. The maximum Gasteiger partial charge on any atom is 0.164 e. The summed E-state index contributed by atoms with van der Waals surface area (Å²) in [5.41, 5.74) is 7.93. The molecule has 9 rings (SSSR count). The molecule has 0 aliphatic rings. The Morgan fingerprint density at radius 1 is 0.388 bits per heavy atom. The molecular weight excluding hydrogens is 599 g/mol. The standard InChI is InChI=1S/C45H29N3O/c1-4-12-30(13-5-1)33-22-24-34(25-23-33)43-46-44(37-19-10-18-35(28-37)31-14-6-2-7-15-31)48-45(47-43)38-20-11-21-41-42(38)39-29-36(26-27-40(39)49-41)32-16-8-3-9-17-32/h1-29H/i11D,21D,26D,27D. The van der Waals surface area contributed by atoms with Crippen molar-refractivity contribution in [2.24, 2.45) is 0 Å². The van der Waals surface area contributed by atoms with Crippen molar-refractivity contribution in [2.75, 3.05) is 0 Å². The van der Waals surface area contributed by atoms with Crippen LogP contribution in [0.15, 0.2) is 180 Å². The molecule has 0 aliphatic heterocycles. The molecule has 2 heterocycles. The number of nitrogens with zero attached hydrogens (tertiary/aromatic N) is 3. The fraction of sp³-hybridized carbons (Fsp3) is 0. The van der Waals surface area contributed by atoms with Crippen LogP contribution in [0, 0.1) is 0 Å². The van der Waals surface area contributed by atoms with Gasteiger partial charge in [-0.1, -0.05) is 152 Å². The van der Waals surface area contributed by atoms with Crippen LogP contribution < -0.4 is 0 Å². The third kappa shape index (κ3) is 5.45. The lowest BCUT2D eigenvalue weighted by molar-refractivity contribution is 0.669. The number of hydrogen-bond donors (Lipinski definition) is 0. The molecule has 4 nitrogen and oxygen atoms in total. The van der Waals surface area contributed by atoms with Gasteiger partial charge in [0.2, 0.25) is 0 Å². The van der Waals surface area contributed by atoms with E-state index in [-0.39, 0.29) is 35.3 Å². The Labute approximate surface area is 289 Å². The number of hydrogen-bond acceptors (Lipinski definition) is 4. The number of aromatic nitrogens is 3. The third-order valence-electron chi connectivity index (χ3n) is 8.66. The van der Waals surface area contributed by atoms with Crippen LogP contribution in [-0.4, -0.2) is 15.0 Å². The monoisotopic (exact) mass is 631 g/mol. The van der Waals surface area contributed by atoms with Crippen molar-refractivity contribution in [2.45, 2.75) is 0 Å². The van der Waals surface area contributed by atoms with Crippen molar-refractivity contribution in [1.29, 1.82) is 0 Å². The fourth-order valence-corrected chi connectivity index (χ4v) is 6.20. The first-order valence-electron chi connectivity index (χ1n) is 18.0. The van der Waals surface area contributed by atoms with Crippen molar-refractivity contribution in [3.8, 4) is 67.5 Å². The Hall–Kier alpha value is -6.65. The first-order valence-corrected chi connectivity index (χ1v) is 16.0. The molecular formula is C45H29N3O. The van der Waals surface area contributed by atoms with Crippen LogP contribution in [0.1, 0.15) is 5.48 Å². The van der Waals surface area contributed by atoms with Gasteiger partial charge in [0.25, 0.3) is 0 Å². The van der Waals surface area contributed by atoms with E-state index in [0.29, 0.717) is 39.4 Å². The Morgan fingerprint density at radius 3 is 1.61 bits per heavy atom. The van der Waals surface area contributed by atoms with Crippen molar-refractivity contribution in [1.82, 2.24) is 15.0 Å². The molecule has 0 aliphatic carbocycles. The zero-order valence-electron chi connectivity index (χ0n) is 30.2. The molecule has 2 aromatic heterocycles. The zero-order chi connectivity index (χ0) is 36.1. The second kappa shape index (κ2) is 12.2. The van der Waals surface area contributed by atoms with E-state index in [1.807, 2.05) is 115 Å². The van der Waals surface area contributed by atoms with E-state index in [9.17, 15) is 0 Å². The number of furan rings is 1. The summed E-state index contributed by atoms with van der Waals surface area (Å²) < 4.78 is 41.6. The highest BCUT2D eigenvalue weighted by molar-refractivity contribution is 6.12. The number of rotatable bonds is 6. The van der Waals surface area contributed by atoms with Gasteiger partial charge in [-0.2, -0.15) is 0 Å². The summed E-state index contributed by atoms with van der Waals surface area (Å²) in [6, 6.07) is 49.0. The predicted molar refractivity (Wildman–Crippen MR) is 200 cm³/mol. The lowest BCUT2D eigenvalue weighted by Crippen LogP contribution is -2.00. The maximum absolute atomic E-state index is 8.94. The lowest BCUT2D eigenvalue weighted by Gasteiger charge is -2.11. The molecule has 0 atom stereocenters. The minimum Gasteiger partial charge on any atom is -0.456 e. The molecule has 0 saturated carbocycles. The van der Waals surface area contributed by atoms with Gasteiger partial charge in [0, 0.05) is 27.5 Å². The molecule has 0 spiro atoms. The molecule has 0 saturated heterocycles. The van der Waals surface area contributed by atoms with E-state index >= 15 is 0 Å². The van der Waals surface area contributed by atoms with Gasteiger partial charge in [0.1, 0.15) is 11.2 Å². The van der Waals surface area contributed by atoms with Gasteiger partial charge in [-0.15, -0.1) is 0 Å². The largest absolute Gasteiger partial charge is 0.456 e. The molecule has 4 heteroatoms. The normalized spacial score (nSPS) is 12.4. The van der Waals surface area contributed by atoms with Gasteiger partial charge >= 0.3 is 0 Å². The van der Waals surface area contributed by atoms with Crippen molar-refractivity contribution in [3.05, 3.63) is 176 Å². The molecule has 0 N–H and O–H groups in total. The molecule has 0 amide bonds. The summed E-state index contributed by atoms with van der Waals surface area (Å²) in [5, 5.41) is 1.05. The summed E-state index contributed by atoms with van der Waals surface area (Å²) in [7, 11) is 0. The highest BCUT2D eigenvalue weighted by Crippen LogP contribution is 2.38. The Kier molecular flexibility index (Phi) is 6.09. The van der Waals surface area contributed by atoms with Gasteiger partial charge in [-0.25, -0.2) is 15.0 Å². The van der Waals surface area contributed by atoms with Crippen LogP contribution in [0.4, 0.5) is 0 Å². The summed E-state index contributed by atoms with van der Waals surface area (Å²) in [6.07, 6.45) is 0. The summed E-state index contributed by atoms with van der Waals surface area (Å²) in [6.45, 7) is 0. The van der Waals surface area contributed by atoms with Crippen LogP contribution in [0.5, 0.6) is 0 Å². The smallest absolute Gasteiger partial charge is 0.164 e. The number of fused-ring (bicyclic) bond motifs is 3. The summed E-state index contributed by atoms with van der Waals surface area (Å²) in [4.78, 5) is 15.1. The van der Waals surface area contributed by atoms with Gasteiger partial charge in [-0.05, 0) is 57.6 Å². The molecule has 0 bridgehead atoms. The van der Waals surface area contributed by atoms with Crippen molar-refractivity contribution in [3.63, 3.8) is 0 Å². The van der Waals surface area contributed by atoms with Crippen LogP contribution in [0.3, 0.4) is 0 Å². The Morgan fingerprint density at radius 2 is 0.918 bits per heavy atom. The predicted octanol–water partition coefficient (Wildman–Crippen LogP) is 11.8.